The molecule has 3 aliphatic rings. The van der Waals surface area contributed by atoms with Crippen molar-refractivity contribution >= 4 is 40.7 Å². The Balaban J connectivity index is 1.53. The summed E-state index contributed by atoms with van der Waals surface area (Å²) in [5.41, 5.74) is 4.08. The second-order valence-electron chi connectivity index (χ2n) is 9.54. The Bertz CT molecular complexity index is 1160. The first kappa shape index (κ1) is 23.3. The molecule has 0 spiro atoms. The Labute approximate surface area is 210 Å². The number of allylic oxidation sites excluding steroid dienone is 2. The minimum atomic E-state index is -0.614. The van der Waals surface area contributed by atoms with Crippen molar-refractivity contribution < 1.29 is 14.3 Å². The molecule has 4 nitrogen and oxygen atoms in total. The van der Waals surface area contributed by atoms with E-state index in [0.29, 0.717) is 34.2 Å². The van der Waals surface area contributed by atoms with Crippen molar-refractivity contribution in [2.24, 2.45) is 10.9 Å². The van der Waals surface area contributed by atoms with Crippen molar-refractivity contribution in [3.63, 3.8) is 0 Å². The zero-order valence-corrected chi connectivity index (χ0v) is 20.6. The van der Waals surface area contributed by atoms with Crippen LogP contribution in [0.4, 0.5) is 0 Å². The molecule has 0 aromatic heterocycles. The first-order valence-corrected chi connectivity index (χ1v) is 12.7. The van der Waals surface area contributed by atoms with Crippen LogP contribution in [0.5, 0.6) is 0 Å². The molecule has 0 bridgehead atoms. The molecule has 6 heteroatoms. The molecule has 2 aromatic carbocycles. The van der Waals surface area contributed by atoms with Crippen LogP contribution in [0.1, 0.15) is 68.4 Å². The number of hydrogen-bond acceptors (Lipinski definition) is 4. The smallest absolute Gasteiger partial charge is 0.315 e. The minimum absolute atomic E-state index is 0.0351. The predicted octanol–water partition coefficient (Wildman–Crippen LogP) is 7.05. The van der Waals surface area contributed by atoms with Gasteiger partial charge in [0.2, 0.25) is 0 Å². The van der Waals surface area contributed by atoms with Crippen LogP contribution in [-0.2, 0) is 14.3 Å². The molecule has 5 rings (SSSR count). The van der Waals surface area contributed by atoms with Crippen molar-refractivity contribution in [1.29, 1.82) is 0 Å². The van der Waals surface area contributed by atoms with Gasteiger partial charge in [-0.2, -0.15) is 0 Å². The summed E-state index contributed by atoms with van der Waals surface area (Å²) in [5.74, 6) is -1.25. The van der Waals surface area contributed by atoms with Gasteiger partial charge in [0, 0.05) is 39.4 Å². The number of rotatable bonds is 4. The number of carbonyl (C=O) groups is 2. The van der Waals surface area contributed by atoms with Gasteiger partial charge in [-0.1, -0.05) is 47.5 Å². The van der Waals surface area contributed by atoms with Gasteiger partial charge in [0.05, 0.1) is 0 Å². The zero-order chi connectivity index (χ0) is 23.8. The van der Waals surface area contributed by atoms with Gasteiger partial charge in [0.15, 0.2) is 5.78 Å². The van der Waals surface area contributed by atoms with Crippen molar-refractivity contribution in [2.75, 3.05) is 0 Å². The maximum atomic E-state index is 13.6. The van der Waals surface area contributed by atoms with E-state index in [4.69, 9.17) is 32.9 Å². The summed E-state index contributed by atoms with van der Waals surface area (Å²) >= 11 is 12.2. The number of ether oxygens (including phenoxy) is 1. The summed E-state index contributed by atoms with van der Waals surface area (Å²) in [4.78, 5) is 31.9. The highest BCUT2D eigenvalue weighted by Gasteiger charge is 2.45. The molecule has 1 fully saturated rings. The molecular formula is C28H27Cl2NO3. The van der Waals surface area contributed by atoms with Gasteiger partial charge in [-0.25, -0.2) is 0 Å². The fourth-order valence-electron chi connectivity index (χ4n) is 5.61. The highest BCUT2D eigenvalue weighted by molar-refractivity contribution is 6.30. The molecule has 3 atom stereocenters. The number of ketones is 1. The minimum Gasteiger partial charge on any atom is -0.462 e. The van der Waals surface area contributed by atoms with Crippen LogP contribution in [0.15, 0.2) is 64.8 Å². The topological polar surface area (TPSA) is 55.7 Å². The molecule has 2 aliphatic carbocycles. The number of hydrogen-bond donors (Lipinski definition) is 0. The summed E-state index contributed by atoms with van der Waals surface area (Å²) < 4.78 is 5.92. The monoisotopic (exact) mass is 495 g/mol. The fourth-order valence-corrected chi connectivity index (χ4v) is 5.86. The van der Waals surface area contributed by atoms with Crippen LogP contribution in [0.3, 0.4) is 0 Å². The Kier molecular flexibility index (Phi) is 6.63. The van der Waals surface area contributed by atoms with Gasteiger partial charge in [-0.05, 0) is 80.3 Å². The van der Waals surface area contributed by atoms with Crippen molar-refractivity contribution in [2.45, 2.75) is 63.4 Å². The summed E-state index contributed by atoms with van der Waals surface area (Å²) in [6.45, 7) is 1.88. The standard InChI is InChI=1S/C28H27Cl2NO3/c1-16-25(28(33)34-22-4-2-3-5-22)26(18-8-12-21(30)13-9-18)27-23(31-16)14-19(15-24(27)32)17-6-10-20(29)11-7-17/h6-13,19,22,25-26H,2-5,14-15H2,1H3/t19-,25?,26-/m1/s1. The highest BCUT2D eigenvalue weighted by Crippen LogP contribution is 2.47. The Hall–Kier alpha value is -2.43. The summed E-state index contributed by atoms with van der Waals surface area (Å²) in [5, 5.41) is 1.28. The van der Waals surface area contributed by atoms with Crippen LogP contribution in [0.25, 0.3) is 0 Å². The average molecular weight is 496 g/mol. The molecule has 0 N–H and O–H groups in total. The van der Waals surface area contributed by atoms with Gasteiger partial charge < -0.3 is 4.74 Å². The molecule has 0 radical (unpaired) electrons. The number of benzene rings is 2. The number of halogens is 2. The molecule has 34 heavy (non-hydrogen) atoms. The Morgan fingerprint density at radius 1 is 0.912 bits per heavy atom. The van der Waals surface area contributed by atoms with E-state index in [0.717, 1.165) is 42.5 Å². The molecular weight excluding hydrogens is 469 g/mol. The van der Waals surface area contributed by atoms with Gasteiger partial charge >= 0.3 is 5.97 Å². The lowest BCUT2D eigenvalue weighted by molar-refractivity contribution is -0.151. The first-order valence-electron chi connectivity index (χ1n) is 11.9. The van der Waals surface area contributed by atoms with E-state index in [1.54, 1.807) is 12.1 Å². The van der Waals surface area contributed by atoms with Gasteiger partial charge in [-0.3, -0.25) is 14.6 Å². The van der Waals surface area contributed by atoms with Crippen LogP contribution in [-0.4, -0.2) is 23.6 Å². The first-order chi connectivity index (χ1) is 16.4. The van der Waals surface area contributed by atoms with E-state index >= 15 is 0 Å². The SMILES string of the molecule is CC1=NC2=C(C(=O)C[C@H](c3ccc(Cl)cc3)C2)[C@H](c2ccc(Cl)cc2)C1C(=O)OC1CCCC1. The van der Waals surface area contributed by atoms with E-state index in [9.17, 15) is 9.59 Å². The van der Waals surface area contributed by atoms with Crippen molar-refractivity contribution in [1.82, 2.24) is 0 Å². The lowest BCUT2D eigenvalue weighted by atomic mass is 9.69. The molecule has 0 saturated heterocycles. The quantitative estimate of drug-likeness (QED) is 0.426. The van der Waals surface area contributed by atoms with Crippen LogP contribution >= 0.6 is 23.2 Å². The Morgan fingerprint density at radius 3 is 2.12 bits per heavy atom. The molecule has 0 amide bonds. The predicted molar refractivity (Wildman–Crippen MR) is 135 cm³/mol. The number of Topliss-reactive ketones (excluding diaryl/α,β-unsaturated/α-hetero) is 1. The largest absolute Gasteiger partial charge is 0.462 e. The Morgan fingerprint density at radius 2 is 1.50 bits per heavy atom. The van der Waals surface area contributed by atoms with Crippen LogP contribution in [0.2, 0.25) is 10.0 Å². The third-order valence-electron chi connectivity index (χ3n) is 7.30. The third-order valence-corrected chi connectivity index (χ3v) is 7.80. The van der Waals surface area contributed by atoms with Crippen LogP contribution < -0.4 is 0 Å². The zero-order valence-electron chi connectivity index (χ0n) is 19.1. The van der Waals surface area contributed by atoms with E-state index in [1.165, 1.54) is 0 Å². The molecule has 1 aliphatic heterocycles. The number of carbonyl (C=O) groups excluding carboxylic acids is 2. The third kappa shape index (κ3) is 4.58. The van der Waals surface area contributed by atoms with Crippen molar-refractivity contribution in [3.05, 3.63) is 81.0 Å². The van der Waals surface area contributed by atoms with E-state index in [2.05, 4.69) is 0 Å². The van der Waals surface area contributed by atoms with E-state index in [1.807, 2.05) is 43.3 Å². The highest BCUT2D eigenvalue weighted by atomic mass is 35.5. The summed E-state index contributed by atoms with van der Waals surface area (Å²) in [6, 6.07) is 15.1. The lowest BCUT2D eigenvalue weighted by Gasteiger charge is -2.37. The van der Waals surface area contributed by atoms with Gasteiger partial charge in [-0.15, -0.1) is 0 Å². The van der Waals surface area contributed by atoms with Crippen LogP contribution in [0, 0.1) is 5.92 Å². The maximum absolute atomic E-state index is 13.6. The van der Waals surface area contributed by atoms with Crippen molar-refractivity contribution in [3.8, 4) is 0 Å². The summed E-state index contributed by atoms with van der Waals surface area (Å²) in [6.07, 6.45) is 4.94. The number of esters is 1. The van der Waals surface area contributed by atoms with Gasteiger partial charge in [0.1, 0.15) is 12.0 Å². The fraction of sp³-hybridized carbons (Fsp3) is 0.393. The second kappa shape index (κ2) is 9.67. The normalized spacial score (nSPS) is 25.2. The number of aliphatic imine (C=N–C) groups is 1. The van der Waals surface area contributed by atoms with E-state index < -0.39 is 11.8 Å². The molecule has 1 heterocycles. The lowest BCUT2D eigenvalue weighted by Crippen LogP contribution is -2.39. The second-order valence-corrected chi connectivity index (χ2v) is 10.4. The summed E-state index contributed by atoms with van der Waals surface area (Å²) in [7, 11) is 0. The molecule has 2 aromatic rings. The molecule has 176 valence electrons. The molecule has 1 saturated carbocycles. The molecule has 1 unspecified atom stereocenters. The average Bonchev–Trinajstić information content (AvgIpc) is 3.32. The maximum Gasteiger partial charge on any atom is 0.315 e. The van der Waals surface area contributed by atoms with E-state index in [-0.39, 0.29) is 23.8 Å². The van der Waals surface area contributed by atoms with Gasteiger partial charge in [0.25, 0.3) is 0 Å². The number of nitrogens with zero attached hydrogens (tertiary/aromatic N) is 1.